The van der Waals surface area contributed by atoms with E-state index in [-0.39, 0.29) is 0 Å². The highest BCUT2D eigenvalue weighted by Crippen LogP contribution is 2.22. The number of nitrogens with two attached hydrogens (primary N) is 1. The van der Waals surface area contributed by atoms with Gasteiger partial charge in [0.25, 0.3) is 0 Å². The van der Waals surface area contributed by atoms with E-state index in [2.05, 4.69) is 16.7 Å². The van der Waals surface area contributed by atoms with Crippen LogP contribution in [0.2, 0.25) is 0 Å². The van der Waals surface area contributed by atoms with Gasteiger partial charge in [0.15, 0.2) is 0 Å². The summed E-state index contributed by atoms with van der Waals surface area (Å²) in [6.07, 6.45) is 7.76. The number of amides is 1. The third-order valence-electron chi connectivity index (χ3n) is 5.09. The second-order valence-corrected chi connectivity index (χ2v) is 6.42. The Morgan fingerprint density at radius 2 is 2.00 bits per heavy atom. The number of rotatable bonds is 7. The highest BCUT2D eigenvalue weighted by molar-refractivity contribution is 5.76. The number of hydrogen-bond acceptors (Lipinski definition) is 3. The summed E-state index contributed by atoms with van der Waals surface area (Å²) in [5.41, 5.74) is 5.62. The first-order valence-electron chi connectivity index (χ1n) is 8.46. The topological polar surface area (TPSA) is 49.6 Å². The molecule has 0 aliphatic carbocycles. The molecule has 2 atom stereocenters. The monoisotopic (exact) mass is 281 g/mol. The normalized spacial score (nSPS) is 25.3. The molecule has 0 radical (unpaired) electrons. The minimum absolute atomic E-state index is 0.363. The summed E-state index contributed by atoms with van der Waals surface area (Å²) < 4.78 is 0. The molecular weight excluding hydrogens is 250 g/mol. The molecule has 2 aliphatic rings. The zero-order valence-electron chi connectivity index (χ0n) is 13.0. The molecule has 20 heavy (non-hydrogen) atoms. The largest absolute Gasteiger partial charge is 0.341 e. The van der Waals surface area contributed by atoms with E-state index < -0.39 is 0 Å². The highest BCUT2D eigenvalue weighted by Gasteiger charge is 2.31. The molecule has 0 bridgehead atoms. The summed E-state index contributed by atoms with van der Waals surface area (Å²) in [4.78, 5) is 17.0. The molecule has 2 saturated heterocycles. The van der Waals surface area contributed by atoms with Crippen LogP contribution in [0.25, 0.3) is 0 Å². The number of carbonyl (C=O) groups excluding carboxylic acids is 1. The second kappa shape index (κ2) is 7.99. The molecule has 2 rings (SSSR count). The van der Waals surface area contributed by atoms with Crippen LogP contribution in [-0.4, -0.2) is 54.5 Å². The first-order chi connectivity index (χ1) is 9.74. The van der Waals surface area contributed by atoms with Crippen molar-refractivity contribution in [3.8, 4) is 0 Å². The van der Waals surface area contributed by atoms with Crippen LogP contribution < -0.4 is 5.73 Å². The Morgan fingerprint density at radius 3 is 2.65 bits per heavy atom. The van der Waals surface area contributed by atoms with Crippen molar-refractivity contribution in [3.63, 3.8) is 0 Å². The number of nitrogens with zero attached hydrogens (tertiary/aromatic N) is 2. The fourth-order valence-electron chi connectivity index (χ4n) is 3.65. The van der Waals surface area contributed by atoms with Crippen molar-refractivity contribution in [1.29, 1.82) is 0 Å². The van der Waals surface area contributed by atoms with E-state index in [4.69, 9.17) is 5.73 Å². The van der Waals surface area contributed by atoms with Crippen LogP contribution in [-0.2, 0) is 4.79 Å². The predicted molar refractivity (Wildman–Crippen MR) is 82.5 cm³/mol. The van der Waals surface area contributed by atoms with E-state index in [1.807, 2.05) is 0 Å². The van der Waals surface area contributed by atoms with E-state index >= 15 is 0 Å². The zero-order valence-corrected chi connectivity index (χ0v) is 13.0. The molecule has 2 N–H and O–H groups in total. The third-order valence-corrected chi connectivity index (χ3v) is 5.09. The van der Waals surface area contributed by atoms with Crippen LogP contribution in [0, 0.1) is 5.92 Å². The van der Waals surface area contributed by atoms with Crippen molar-refractivity contribution in [2.24, 2.45) is 11.7 Å². The van der Waals surface area contributed by atoms with Gasteiger partial charge in [0.05, 0.1) is 0 Å². The van der Waals surface area contributed by atoms with Crippen LogP contribution in [0.4, 0.5) is 0 Å². The summed E-state index contributed by atoms with van der Waals surface area (Å²) in [6.45, 7) is 7.35. The van der Waals surface area contributed by atoms with E-state index in [9.17, 15) is 4.79 Å². The maximum Gasteiger partial charge on any atom is 0.222 e. The molecule has 0 aromatic rings. The van der Waals surface area contributed by atoms with Gasteiger partial charge in [0, 0.05) is 25.6 Å². The number of likely N-dealkylation sites (tertiary alicyclic amines) is 2. The van der Waals surface area contributed by atoms with Crippen molar-refractivity contribution in [2.45, 2.75) is 57.9 Å². The second-order valence-electron chi connectivity index (χ2n) is 6.42. The van der Waals surface area contributed by atoms with Gasteiger partial charge >= 0.3 is 0 Å². The van der Waals surface area contributed by atoms with Crippen LogP contribution in [0.15, 0.2) is 0 Å². The van der Waals surface area contributed by atoms with Crippen LogP contribution >= 0.6 is 0 Å². The van der Waals surface area contributed by atoms with Gasteiger partial charge in [-0.3, -0.25) is 9.69 Å². The Kier molecular flexibility index (Phi) is 6.30. The van der Waals surface area contributed by atoms with Gasteiger partial charge in [-0.05, 0) is 57.7 Å². The molecule has 4 nitrogen and oxygen atoms in total. The van der Waals surface area contributed by atoms with E-state index in [1.54, 1.807) is 0 Å². The van der Waals surface area contributed by atoms with Gasteiger partial charge in [-0.25, -0.2) is 0 Å². The fourth-order valence-corrected chi connectivity index (χ4v) is 3.65. The first kappa shape index (κ1) is 15.8. The van der Waals surface area contributed by atoms with Gasteiger partial charge in [-0.2, -0.15) is 0 Å². The van der Waals surface area contributed by atoms with E-state index in [1.165, 1.54) is 32.4 Å². The minimum Gasteiger partial charge on any atom is -0.341 e. The summed E-state index contributed by atoms with van der Waals surface area (Å²) in [7, 11) is 0. The molecule has 0 spiro atoms. The Bertz CT molecular complexity index is 302. The molecule has 1 amide bonds. The van der Waals surface area contributed by atoms with E-state index in [0.717, 1.165) is 38.9 Å². The Labute approximate surface area is 123 Å². The Balaban J connectivity index is 1.70. The molecule has 2 aliphatic heterocycles. The summed E-state index contributed by atoms with van der Waals surface area (Å²) in [5.74, 6) is 0.989. The van der Waals surface area contributed by atoms with Crippen molar-refractivity contribution in [3.05, 3.63) is 0 Å². The molecule has 0 saturated carbocycles. The standard InChI is InChI=1S/C16H31N3O/c1-2-14(7-9-17)5-6-16(20)19-12-8-15(13-19)18-10-3-4-11-18/h14-15H,2-13,17H2,1H3. The molecule has 0 aromatic heterocycles. The highest BCUT2D eigenvalue weighted by atomic mass is 16.2. The zero-order chi connectivity index (χ0) is 14.4. The molecule has 0 aromatic carbocycles. The SMILES string of the molecule is CCC(CCN)CCC(=O)N1CCC(N2CCCC2)C1. The quantitative estimate of drug-likeness (QED) is 0.774. The average molecular weight is 281 g/mol. The predicted octanol–water partition coefficient (Wildman–Crippen LogP) is 1.84. The molecule has 2 unspecified atom stereocenters. The van der Waals surface area contributed by atoms with Crippen molar-refractivity contribution in [2.75, 3.05) is 32.7 Å². The summed E-state index contributed by atoms with van der Waals surface area (Å²) in [6, 6.07) is 0.632. The molecule has 2 fully saturated rings. The first-order valence-corrected chi connectivity index (χ1v) is 8.46. The van der Waals surface area contributed by atoms with Crippen molar-refractivity contribution < 1.29 is 4.79 Å². The molecular formula is C16H31N3O. The maximum absolute atomic E-state index is 12.3. The molecule has 2 heterocycles. The van der Waals surface area contributed by atoms with E-state index in [0.29, 0.717) is 24.3 Å². The van der Waals surface area contributed by atoms with Gasteiger partial charge in [0.2, 0.25) is 5.91 Å². The van der Waals surface area contributed by atoms with Crippen LogP contribution in [0.5, 0.6) is 0 Å². The lowest BCUT2D eigenvalue weighted by molar-refractivity contribution is -0.130. The summed E-state index contributed by atoms with van der Waals surface area (Å²) in [5, 5.41) is 0. The lowest BCUT2D eigenvalue weighted by atomic mass is 9.96. The number of carbonyl (C=O) groups is 1. The van der Waals surface area contributed by atoms with Gasteiger partial charge in [-0.1, -0.05) is 13.3 Å². The average Bonchev–Trinajstić information content (AvgIpc) is 3.12. The number of hydrogen-bond donors (Lipinski definition) is 1. The fraction of sp³-hybridized carbons (Fsp3) is 0.938. The van der Waals surface area contributed by atoms with Crippen molar-refractivity contribution >= 4 is 5.91 Å². The molecule has 116 valence electrons. The van der Waals surface area contributed by atoms with Crippen LogP contribution in [0.3, 0.4) is 0 Å². The van der Waals surface area contributed by atoms with Gasteiger partial charge < -0.3 is 10.6 Å². The van der Waals surface area contributed by atoms with Crippen molar-refractivity contribution in [1.82, 2.24) is 9.80 Å². The Hall–Kier alpha value is -0.610. The smallest absolute Gasteiger partial charge is 0.222 e. The lowest BCUT2D eigenvalue weighted by Gasteiger charge is -2.24. The van der Waals surface area contributed by atoms with Gasteiger partial charge in [-0.15, -0.1) is 0 Å². The summed E-state index contributed by atoms with van der Waals surface area (Å²) >= 11 is 0. The lowest BCUT2D eigenvalue weighted by Crippen LogP contribution is -2.37. The Morgan fingerprint density at radius 1 is 1.25 bits per heavy atom. The minimum atomic E-state index is 0.363. The van der Waals surface area contributed by atoms with Gasteiger partial charge in [0.1, 0.15) is 0 Å². The third kappa shape index (κ3) is 4.19. The maximum atomic E-state index is 12.3. The van der Waals surface area contributed by atoms with Crippen LogP contribution in [0.1, 0.15) is 51.9 Å². The molecule has 4 heteroatoms.